The molecule has 1 aliphatic carbocycles. The molecule has 29 heavy (non-hydrogen) atoms. The molecule has 0 radical (unpaired) electrons. The van der Waals surface area contributed by atoms with Crippen LogP contribution in [0.2, 0.25) is 0 Å². The molecule has 0 spiro atoms. The van der Waals surface area contributed by atoms with Crippen molar-refractivity contribution in [2.75, 3.05) is 0 Å². The predicted molar refractivity (Wildman–Crippen MR) is 113 cm³/mol. The smallest absolute Gasteiger partial charge is 0.255 e. The third-order valence-corrected chi connectivity index (χ3v) is 6.28. The van der Waals surface area contributed by atoms with Gasteiger partial charge in [0.1, 0.15) is 12.3 Å². The van der Waals surface area contributed by atoms with Gasteiger partial charge in [0, 0.05) is 4.88 Å². The highest BCUT2D eigenvalue weighted by Gasteiger charge is 2.24. The van der Waals surface area contributed by atoms with E-state index in [4.69, 9.17) is 4.42 Å². The summed E-state index contributed by atoms with van der Waals surface area (Å²) < 4.78 is 4.93. The third-order valence-electron chi connectivity index (χ3n) is 5.34. The van der Waals surface area contributed by atoms with Crippen LogP contribution in [0.4, 0.5) is 0 Å². The number of carbonyl (C=O) groups excluding carboxylic acids is 2. The van der Waals surface area contributed by atoms with E-state index in [1.807, 2.05) is 17.5 Å². The number of carbonyl (C=O) groups is 2. The summed E-state index contributed by atoms with van der Waals surface area (Å²) in [6.07, 6.45) is 7.47. The van der Waals surface area contributed by atoms with Gasteiger partial charge in [-0.15, -0.1) is 11.3 Å². The standard InChI is InChI=1S/C23H24N2O3S/c1-15(24-23(27)19-10-11-28-14-19)22(26)25-21(20-7-4-12-29-20)18-9-8-16-5-2-3-6-17(16)13-18/h4,7-15,21H,2-3,5-6H2,1H3,(H,24,27)(H,25,26). The molecule has 5 nitrogen and oxygen atoms in total. The van der Waals surface area contributed by atoms with Crippen molar-refractivity contribution in [1.82, 2.24) is 10.6 Å². The van der Waals surface area contributed by atoms with Crippen molar-refractivity contribution in [2.24, 2.45) is 0 Å². The van der Waals surface area contributed by atoms with Gasteiger partial charge in [0.25, 0.3) is 5.91 Å². The van der Waals surface area contributed by atoms with Crippen LogP contribution in [-0.4, -0.2) is 17.9 Å². The lowest BCUT2D eigenvalue weighted by Gasteiger charge is -2.23. The number of hydrogen-bond donors (Lipinski definition) is 2. The first-order valence-electron chi connectivity index (χ1n) is 9.90. The Labute approximate surface area is 174 Å². The molecule has 2 heterocycles. The van der Waals surface area contributed by atoms with Gasteiger partial charge in [-0.1, -0.05) is 24.3 Å². The van der Waals surface area contributed by atoms with Gasteiger partial charge < -0.3 is 15.1 Å². The molecule has 0 saturated carbocycles. The SMILES string of the molecule is CC(NC(=O)c1ccoc1)C(=O)NC(c1ccc2c(c1)CCCC2)c1cccs1. The zero-order chi connectivity index (χ0) is 20.2. The highest BCUT2D eigenvalue weighted by atomic mass is 32.1. The van der Waals surface area contributed by atoms with Crippen LogP contribution < -0.4 is 10.6 Å². The minimum Gasteiger partial charge on any atom is -0.472 e. The molecule has 2 amide bonds. The zero-order valence-corrected chi connectivity index (χ0v) is 17.1. The van der Waals surface area contributed by atoms with Gasteiger partial charge in [-0.25, -0.2) is 0 Å². The zero-order valence-electron chi connectivity index (χ0n) is 16.3. The molecule has 6 heteroatoms. The summed E-state index contributed by atoms with van der Waals surface area (Å²) in [6.45, 7) is 1.69. The van der Waals surface area contributed by atoms with Crippen molar-refractivity contribution >= 4 is 23.2 Å². The molecule has 150 valence electrons. The number of nitrogens with one attached hydrogen (secondary N) is 2. The second-order valence-corrected chi connectivity index (χ2v) is 8.38. The Hall–Kier alpha value is -2.86. The maximum atomic E-state index is 12.9. The Balaban J connectivity index is 1.52. The topological polar surface area (TPSA) is 71.3 Å². The minimum atomic E-state index is -0.669. The first-order chi connectivity index (χ1) is 14.1. The van der Waals surface area contributed by atoms with E-state index in [1.165, 1.54) is 36.5 Å². The van der Waals surface area contributed by atoms with Crippen LogP contribution >= 0.6 is 11.3 Å². The average molecular weight is 409 g/mol. The van der Waals surface area contributed by atoms with Crippen molar-refractivity contribution in [3.8, 4) is 0 Å². The van der Waals surface area contributed by atoms with Crippen LogP contribution in [0.15, 0.2) is 58.7 Å². The van der Waals surface area contributed by atoms with Gasteiger partial charge in [-0.2, -0.15) is 0 Å². The van der Waals surface area contributed by atoms with Crippen LogP contribution in [0, 0.1) is 0 Å². The molecule has 2 atom stereocenters. The number of aryl methyl sites for hydroxylation is 2. The molecular formula is C23H24N2O3S. The van der Waals surface area contributed by atoms with Crippen LogP contribution in [0.5, 0.6) is 0 Å². The maximum Gasteiger partial charge on any atom is 0.255 e. The summed E-state index contributed by atoms with van der Waals surface area (Å²) in [4.78, 5) is 26.2. The number of benzene rings is 1. The van der Waals surface area contributed by atoms with Gasteiger partial charge in [-0.3, -0.25) is 9.59 Å². The number of fused-ring (bicyclic) bond motifs is 1. The lowest BCUT2D eigenvalue weighted by molar-refractivity contribution is -0.123. The Bertz CT molecular complexity index is 980. The van der Waals surface area contributed by atoms with Crippen molar-refractivity contribution in [1.29, 1.82) is 0 Å². The van der Waals surface area contributed by atoms with E-state index >= 15 is 0 Å². The largest absolute Gasteiger partial charge is 0.472 e. The summed E-state index contributed by atoms with van der Waals surface area (Å²) in [5.74, 6) is -0.555. The Morgan fingerprint density at radius 2 is 1.90 bits per heavy atom. The van der Waals surface area contributed by atoms with Gasteiger partial charge in [-0.05, 0) is 66.8 Å². The Morgan fingerprint density at radius 1 is 1.07 bits per heavy atom. The van der Waals surface area contributed by atoms with Crippen LogP contribution in [0.25, 0.3) is 0 Å². The van der Waals surface area contributed by atoms with Gasteiger partial charge in [0.2, 0.25) is 5.91 Å². The molecule has 0 aliphatic heterocycles. The normalized spacial score (nSPS) is 15.2. The average Bonchev–Trinajstić information content (AvgIpc) is 3.45. The molecule has 0 saturated heterocycles. The first kappa shape index (κ1) is 19.5. The molecule has 0 bridgehead atoms. The molecule has 1 aromatic carbocycles. The molecule has 0 fully saturated rings. The quantitative estimate of drug-likeness (QED) is 0.641. The summed E-state index contributed by atoms with van der Waals surface area (Å²) in [7, 11) is 0. The van der Waals surface area contributed by atoms with Crippen molar-refractivity contribution in [3.63, 3.8) is 0 Å². The van der Waals surface area contributed by atoms with Gasteiger partial charge >= 0.3 is 0 Å². The van der Waals surface area contributed by atoms with E-state index in [2.05, 4.69) is 28.8 Å². The van der Waals surface area contributed by atoms with Crippen LogP contribution in [-0.2, 0) is 17.6 Å². The van der Waals surface area contributed by atoms with E-state index in [-0.39, 0.29) is 17.9 Å². The number of furan rings is 1. The van der Waals surface area contributed by atoms with E-state index in [1.54, 1.807) is 24.3 Å². The lowest BCUT2D eigenvalue weighted by Crippen LogP contribution is -2.45. The van der Waals surface area contributed by atoms with Crippen LogP contribution in [0.1, 0.15) is 57.7 Å². The highest BCUT2D eigenvalue weighted by Crippen LogP contribution is 2.30. The van der Waals surface area contributed by atoms with Crippen molar-refractivity contribution in [3.05, 3.63) is 81.4 Å². The highest BCUT2D eigenvalue weighted by molar-refractivity contribution is 7.10. The molecule has 2 aromatic heterocycles. The maximum absolute atomic E-state index is 12.9. The van der Waals surface area contributed by atoms with E-state index < -0.39 is 6.04 Å². The number of hydrogen-bond acceptors (Lipinski definition) is 4. The Kier molecular flexibility index (Phi) is 5.81. The fourth-order valence-corrected chi connectivity index (χ4v) is 4.52. The molecule has 3 aromatic rings. The monoisotopic (exact) mass is 408 g/mol. The molecule has 1 aliphatic rings. The molecule has 4 rings (SSSR count). The predicted octanol–water partition coefficient (Wildman–Crippen LogP) is 4.24. The third kappa shape index (κ3) is 4.43. The minimum absolute atomic E-state index is 0.224. The summed E-state index contributed by atoms with van der Waals surface area (Å²) in [5.41, 5.74) is 4.27. The van der Waals surface area contributed by atoms with Gasteiger partial charge in [0.15, 0.2) is 0 Å². The number of thiophene rings is 1. The van der Waals surface area contributed by atoms with Gasteiger partial charge in [0.05, 0.1) is 17.9 Å². The molecular weight excluding hydrogens is 384 g/mol. The molecule has 2 unspecified atom stereocenters. The summed E-state index contributed by atoms with van der Waals surface area (Å²) >= 11 is 1.61. The second kappa shape index (κ2) is 8.66. The van der Waals surface area contributed by atoms with E-state index in [0.717, 1.165) is 23.3 Å². The first-order valence-corrected chi connectivity index (χ1v) is 10.8. The van der Waals surface area contributed by atoms with Crippen molar-refractivity contribution < 1.29 is 14.0 Å². The fourth-order valence-electron chi connectivity index (χ4n) is 3.71. The lowest BCUT2D eigenvalue weighted by atomic mass is 9.89. The summed E-state index contributed by atoms with van der Waals surface area (Å²) in [6, 6.07) is 11.2. The van der Waals surface area contributed by atoms with E-state index in [9.17, 15) is 9.59 Å². The molecule has 2 N–H and O–H groups in total. The number of rotatable bonds is 6. The number of amides is 2. The Morgan fingerprint density at radius 3 is 2.62 bits per heavy atom. The van der Waals surface area contributed by atoms with Crippen LogP contribution in [0.3, 0.4) is 0 Å². The van der Waals surface area contributed by atoms with Crippen molar-refractivity contribution in [2.45, 2.75) is 44.7 Å². The second-order valence-electron chi connectivity index (χ2n) is 7.40. The summed E-state index contributed by atoms with van der Waals surface area (Å²) in [5, 5.41) is 7.86. The fraction of sp³-hybridized carbons (Fsp3) is 0.304. The van der Waals surface area contributed by atoms with E-state index in [0.29, 0.717) is 5.56 Å².